The highest BCUT2D eigenvalue weighted by Gasteiger charge is 2.21. The summed E-state index contributed by atoms with van der Waals surface area (Å²) in [5, 5.41) is 2.42. The van der Waals surface area contributed by atoms with Crippen molar-refractivity contribution in [1.29, 1.82) is 0 Å². The second kappa shape index (κ2) is 6.55. The lowest BCUT2D eigenvalue weighted by Crippen LogP contribution is -2.16. The van der Waals surface area contributed by atoms with Gasteiger partial charge in [0.15, 0.2) is 0 Å². The first-order valence-electron chi connectivity index (χ1n) is 8.20. The van der Waals surface area contributed by atoms with Gasteiger partial charge in [0.1, 0.15) is 17.5 Å². The van der Waals surface area contributed by atoms with E-state index in [1.807, 2.05) is 18.2 Å². The largest absolute Gasteiger partial charge is 0.326 e. The summed E-state index contributed by atoms with van der Waals surface area (Å²) in [7, 11) is 0. The fraction of sp³-hybridized carbons (Fsp3) is 0.100. The van der Waals surface area contributed by atoms with Crippen LogP contribution in [-0.4, -0.2) is 17.4 Å². The Hall–Kier alpha value is -3.28. The lowest BCUT2D eigenvalue weighted by Gasteiger charge is -2.18. The average Bonchev–Trinajstić information content (AvgIpc) is 3.08. The molecule has 1 aliphatic heterocycles. The fourth-order valence-electron chi connectivity index (χ4n) is 3.04. The van der Waals surface area contributed by atoms with E-state index >= 15 is 0 Å². The number of hydrogen-bond acceptors (Lipinski definition) is 3. The number of pyridine rings is 1. The Morgan fingerprint density at radius 2 is 1.92 bits per heavy atom. The molecule has 1 amide bonds. The third kappa shape index (κ3) is 3.01. The van der Waals surface area contributed by atoms with Crippen molar-refractivity contribution in [2.45, 2.75) is 6.42 Å². The van der Waals surface area contributed by atoms with Gasteiger partial charge < -0.3 is 10.2 Å². The molecule has 26 heavy (non-hydrogen) atoms. The van der Waals surface area contributed by atoms with Crippen molar-refractivity contribution in [3.63, 3.8) is 0 Å². The van der Waals surface area contributed by atoms with Crippen LogP contribution in [-0.2, 0) is 6.42 Å². The number of aromatic nitrogens is 1. The summed E-state index contributed by atoms with van der Waals surface area (Å²) in [6.45, 7) is 0.832. The summed E-state index contributed by atoms with van der Waals surface area (Å²) in [6.07, 6.45) is 2.40. The molecular formula is C20H15F2N3O. The first-order valence-corrected chi connectivity index (χ1v) is 8.20. The monoisotopic (exact) mass is 351 g/mol. The summed E-state index contributed by atoms with van der Waals surface area (Å²) in [4.78, 5) is 18.7. The quantitative estimate of drug-likeness (QED) is 0.765. The Labute approximate surface area is 149 Å². The number of nitrogens with zero attached hydrogens (tertiary/aromatic N) is 2. The molecule has 0 fully saturated rings. The predicted octanol–water partition coefficient (Wildman–Crippen LogP) is 4.31. The highest BCUT2D eigenvalue weighted by Crippen LogP contribution is 2.33. The molecule has 6 heteroatoms. The molecule has 1 N–H and O–H groups in total. The van der Waals surface area contributed by atoms with Gasteiger partial charge in [-0.05, 0) is 42.3 Å². The lowest BCUT2D eigenvalue weighted by molar-refractivity contribution is 0.102. The van der Waals surface area contributed by atoms with Crippen molar-refractivity contribution in [3.05, 3.63) is 83.6 Å². The van der Waals surface area contributed by atoms with E-state index in [0.717, 1.165) is 36.6 Å². The molecule has 0 aliphatic carbocycles. The molecule has 4 rings (SSSR count). The normalized spacial score (nSPS) is 12.8. The summed E-state index contributed by atoms with van der Waals surface area (Å²) in [5.41, 5.74) is 2.60. The van der Waals surface area contributed by atoms with Crippen molar-refractivity contribution in [3.8, 4) is 0 Å². The molecule has 2 heterocycles. The number of para-hydroxylation sites is 1. The van der Waals surface area contributed by atoms with Crippen LogP contribution in [0.2, 0.25) is 0 Å². The van der Waals surface area contributed by atoms with E-state index in [1.165, 1.54) is 17.8 Å². The topological polar surface area (TPSA) is 45.2 Å². The molecule has 0 radical (unpaired) electrons. The average molecular weight is 351 g/mol. The van der Waals surface area contributed by atoms with Gasteiger partial charge in [-0.1, -0.05) is 18.2 Å². The molecule has 0 bridgehead atoms. The van der Waals surface area contributed by atoms with Crippen LogP contribution in [0.15, 0.2) is 60.8 Å². The van der Waals surface area contributed by atoms with Crippen molar-refractivity contribution in [2.24, 2.45) is 0 Å². The summed E-state index contributed by atoms with van der Waals surface area (Å²) < 4.78 is 26.6. The van der Waals surface area contributed by atoms with E-state index in [0.29, 0.717) is 5.56 Å². The lowest BCUT2D eigenvalue weighted by atomic mass is 10.2. The van der Waals surface area contributed by atoms with E-state index in [1.54, 1.807) is 12.1 Å². The van der Waals surface area contributed by atoms with Crippen LogP contribution in [0.5, 0.6) is 0 Å². The number of fused-ring (bicyclic) bond motifs is 1. The van der Waals surface area contributed by atoms with Crippen molar-refractivity contribution < 1.29 is 13.6 Å². The van der Waals surface area contributed by atoms with Crippen LogP contribution in [0, 0.1) is 11.6 Å². The number of rotatable bonds is 3. The number of carbonyl (C=O) groups excluding carboxylic acids is 1. The maximum atomic E-state index is 13.7. The number of carbonyl (C=O) groups is 1. The molecule has 1 aromatic heterocycles. The zero-order chi connectivity index (χ0) is 18.1. The minimum Gasteiger partial charge on any atom is -0.326 e. The summed E-state index contributed by atoms with van der Waals surface area (Å²) >= 11 is 0. The Morgan fingerprint density at radius 1 is 1.08 bits per heavy atom. The van der Waals surface area contributed by atoms with Crippen LogP contribution < -0.4 is 10.2 Å². The summed E-state index contributed by atoms with van der Waals surface area (Å²) in [5.74, 6) is -1.27. The van der Waals surface area contributed by atoms with Crippen molar-refractivity contribution in [1.82, 2.24) is 4.98 Å². The molecule has 0 spiro atoms. The number of halogens is 2. The fourth-order valence-corrected chi connectivity index (χ4v) is 3.04. The van der Waals surface area contributed by atoms with E-state index < -0.39 is 17.5 Å². The van der Waals surface area contributed by atoms with Crippen LogP contribution >= 0.6 is 0 Å². The highest BCUT2D eigenvalue weighted by atomic mass is 19.1. The van der Waals surface area contributed by atoms with Crippen molar-refractivity contribution in [2.75, 3.05) is 16.8 Å². The maximum Gasteiger partial charge on any atom is 0.257 e. The minimum atomic E-state index is -0.823. The molecule has 1 aliphatic rings. The van der Waals surface area contributed by atoms with Gasteiger partial charge in [0, 0.05) is 24.5 Å². The number of hydrogen-bond donors (Lipinski definition) is 1. The molecule has 130 valence electrons. The van der Waals surface area contributed by atoms with Gasteiger partial charge in [0.25, 0.3) is 5.91 Å². The highest BCUT2D eigenvalue weighted by molar-refractivity contribution is 6.04. The smallest absolute Gasteiger partial charge is 0.257 e. The van der Waals surface area contributed by atoms with Gasteiger partial charge in [-0.3, -0.25) is 4.79 Å². The van der Waals surface area contributed by atoms with Gasteiger partial charge in [0.2, 0.25) is 0 Å². The van der Waals surface area contributed by atoms with Gasteiger partial charge in [0.05, 0.1) is 11.3 Å². The van der Waals surface area contributed by atoms with E-state index in [9.17, 15) is 13.6 Å². The Bertz CT molecular complexity index is 973. The second-order valence-corrected chi connectivity index (χ2v) is 6.01. The Balaban J connectivity index is 1.52. The first kappa shape index (κ1) is 16.2. The molecule has 0 saturated carbocycles. The van der Waals surface area contributed by atoms with Crippen molar-refractivity contribution >= 4 is 23.1 Å². The molecule has 0 saturated heterocycles. The number of nitrogens with one attached hydrogen (secondary N) is 1. The van der Waals surface area contributed by atoms with Gasteiger partial charge in [-0.15, -0.1) is 0 Å². The third-order valence-corrected chi connectivity index (χ3v) is 4.35. The standard InChI is InChI=1S/C20H15F2N3O/c21-15-6-7-17(16(22)11-15)24-20(26)14-5-8-19(23-12-14)25-10-9-13-3-1-2-4-18(13)25/h1-8,11-12H,9-10H2,(H,24,26). The maximum absolute atomic E-state index is 13.7. The third-order valence-electron chi connectivity index (χ3n) is 4.35. The zero-order valence-electron chi connectivity index (χ0n) is 13.7. The molecule has 0 atom stereocenters. The van der Waals surface area contributed by atoms with Crippen LogP contribution in [0.25, 0.3) is 0 Å². The zero-order valence-corrected chi connectivity index (χ0v) is 13.7. The molecule has 4 nitrogen and oxygen atoms in total. The molecule has 3 aromatic rings. The van der Waals surface area contributed by atoms with Crippen LogP contribution in [0.1, 0.15) is 15.9 Å². The Morgan fingerprint density at radius 3 is 2.69 bits per heavy atom. The number of amides is 1. The predicted molar refractivity (Wildman–Crippen MR) is 95.7 cm³/mol. The van der Waals surface area contributed by atoms with E-state index in [4.69, 9.17) is 0 Å². The second-order valence-electron chi connectivity index (χ2n) is 6.01. The van der Waals surface area contributed by atoms with Gasteiger partial charge in [-0.2, -0.15) is 0 Å². The minimum absolute atomic E-state index is 0.0750. The van der Waals surface area contributed by atoms with Crippen LogP contribution in [0.4, 0.5) is 26.0 Å². The van der Waals surface area contributed by atoms with Crippen LogP contribution in [0.3, 0.4) is 0 Å². The number of anilines is 3. The molecule has 0 unspecified atom stereocenters. The number of benzene rings is 2. The van der Waals surface area contributed by atoms with Gasteiger partial charge >= 0.3 is 0 Å². The summed E-state index contributed by atoms with van der Waals surface area (Å²) in [6, 6.07) is 14.5. The SMILES string of the molecule is O=C(Nc1ccc(F)cc1F)c1ccc(N2CCc3ccccc32)nc1. The Kier molecular flexibility index (Phi) is 4.08. The molecule has 2 aromatic carbocycles. The van der Waals surface area contributed by atoms with E-state index in [2.05, 4.69) is 21.3 Å². The van der Waals surface area contributed by atoms with Gasteiger partial charge in [-0.25, -0.2) is 13.8 Å². The molecular weight excluding hydrogens is 336 g/mol. The first-order chi connectivity index (χ1) is 12.6. The van der Waals surface area contributed by atoms with E-state index in [-0.39, 0.29) is 5.69 Å².